The molecule has 0 unspecified atom stereocenters. The number of aromatic nitrogens is 8. The summed E-state index contributed by atoms with van der Waals surface area (Å²) in [5.41, 5.74) is 11.2. The first-order valence-electron chi connectivity index (χ1n) is 19.8. The summed E-state index contributed by atoms with van der Waals surface area (Å²) in [6, 6.07) is 60.0. The van der Waals surface area contributed by atoms with Crippen molar-refractivity contribution in [2.75, 3.05) is 0 Å². The maximum absolute atomic E-state index is 6.37. The SMILES string of the molecule is c1ccc(-c2nc(-c3ccc(-c4cccc5c4oc4ccccc45)cc3)cc(-c3nc(-c4ccccc4)nc(-c4cc(-c5ccccn5)nc(-c5ccccn5)c4)n3)n2)cc1. The van der Waals surface area contributed by atoms with Gasteiger partial charge >= 0.3 is 0 Å². The van der Waals surface area contributed by atoms with E-state index in [-0.39, 0.29) is 0 Å². The minimum Gasteiger partial charge on any atom is -0.455 e. The number of para-hydroxylation sites is 2. The number of furan rings is 1. The van der Waals surface area contributed by atoms with Crippen LogP contribution in [0.4, 0.5) is 0 Å². The largest absolute Gasteiger partial charge is 0.455 e. The second-order valence-electron chi connectivity index (χ2n) is 14.4. The molecule has 9 heteroatoms. The molecule has 0 radical (unpaired) electrons. The molecule has 0 spiro atoms. The van der Waals surface area contributed by atoms with E-state index in [9.17, 15) is 0 Å². The zero-order valence-electron chi connectivity index (χ0n) is 32.5. The van der Waals surface area contributed by atoms with Crippen LogP contribution in [0.2, 0.25) is 0 Å². The normalized spacial score (nSPS) is 11.3. The molecule has 0 saturated heterocycles. The molecule has 286 valence electrons. The van der Waals surface area contributed by atoms with Crippen molar-refractivity contribution in [1.29, 1.82) is 0 Å². The second-order valence-corrected chi connectivity index (χ2v) is 14.4. The van der Waals surface area contributed by atoms with Gasteiger partial charge in [-0.25, -0.2) is 29.9 Å². The van der Waals surface area contributed by atoms with E-state index in [1.54, 1.807) is 12.4 Å². The Kier molecular flexibility index (Phi) is 8.94. The van der Waals surface area contributed by atoms with Crippen molar-refractivity contribution in [1.82, 2.24) is 39.9 Å². The predicted octanol–water partition coefficient (Wildman–Crippen LogP) is 12.1. The third kappa shape index (κ3) is 6.96. The van der Waals surface area contributed by atoms with Gasteiger partial charge in [-0.15, -0.1) is 0 Å². The van der Waals surface area contributed by atoms with Crippen LogP contribution in [0.1, 0.15) is 0 Å². The van der Waals surface area contributed by atoms with E-state index in [4.69, 9.17) is 34.3 Å². The Morgan fingerprint density at radius 3 is 1.49 bits per heavy atom. The molecule has 11 aromatic rings. The molecule has 0 aliphatic heterocycles. The standard InChI is InChI=1S/C52H32N8O/c1-3-14-35(15-4-1)49-56-43(34-26-24-33(25-27-34)38-19-13-20-40-39-18-7-8-23-47(39)61-48(38)40)32-46(57-49)52-59-50(36-16-5-2-6-17-36)58-51(60-52)37-30-44(41-21-9-11-28-53-41)55-45(31-37)42-22-10-12-29-54-42/h1-32H. The van der Waals surface area contributed by atoms with E-state index in [0.717, 1.165) is 61.0 Å². The summed E-state index contributed by atoms with van der Waals surface area (Å²) in [4.78, 5) is 39.7. The molecule has 6 heterocycles. The molecule has 0 fully saturated rings. The predicted molar refractivity (Wildman–Crippen MR) is 240 cm³/mol. The number of nitrogens with zero attached hydrogens (tertiary/aromatic N) is 8. The van der Waals surface area contributed by atoms with Gasteiger partial charge in [0.05, 0.1) is 28.5 Å². The zero-order chi connectivity index (χ0) is 40.5. The number of pyridine rings is 3. The van der Waals surface area contributed by atoms with E-state index >= 15 is 0 Å². The molecule has 0 saturated carbocycles. The average molecular weight is 785 g/mol. The van der Waals surface area contributed by atoms with Crippen molar-refractivity contribution in [2.45, 2.75) is 0 Å². The summed E-state index contributed by atoms with van der Waals surface area (Å²) in [5.74, 6) is 1.90. The molecule has 0 amide bonds. The Balaban J connectivity index is 1.07. The molecule has 0 atom stereocenters. The number of hydrogen-bond donors (Lipinski definition) is 0. The highest BCUT2D eigenvalue weighted by molar-refractivity contribution is 6.09. The molecular formula is C52H32N8O. The van der Waals surface area contributed by atoms with Crippen LogP contribution in [0.15, 0.2) is 199 Å². The molecule has 0 aliphatic carbocycles. The van der Waals surface area contributed by atoms with Crippen molar-refractivity contribution in [3.05, 3.63) is 194 Å². The average Bonchev–Trinajstić information content (AvgIpc) is 3.74. The van der Waals surface area contributed by atoms with Gasteiger partial charge in [-0.3, -0.25) is 9.97 Å². The number of rotatable bonds is 8. The fourth-order valence-electron chi connectivity index (χ4n) is 7.51. The van der Waals surface area contributed by atoms with Crippen LogP contribution in [0.25, 0.3) is 113 Å². The van der Waals surface area contributed by atoms with Crippen LogP contribution < -0.4 is 0 Å². The van der Waals surface area contributed by atoms with Gasteiger partial charge in [0.1, 0.15) is 16.9 Å². The Morgan fingerprint density at radius 2 is 0.836 bits per heavy atom. The highest BCUT2D eigenvalue weighted by Gasteiger charge is 2.19. The lowest BCUT2D eigenvalue weighted by Crippen LogP contribution is -2.04. The van der Waals surface area contributed by atoms with E-state index in [1.807, 2.05) is 133 Å². The van der Waals surface area contributed by atoms with Crippen LogP contribution in [0, 0.1) is 0 Å². The van der Waals surface area contributed by atoms with Crippen LogP contribution in [-0.2, 0) is 0 Å². The van der Waals surface area contributed by atoms with Crippen molar-refractivity contribution >= 4 is 21.9 Å². The van der Waals surface area contributed by atoms with Gasteiger partial charge in [0.2, 0.25) is 0 Å². The van der Waals surface area contributed by atoms with E-state index in [2.05, 4.69) is 58.5 Å². The van der Waals surface area contributed by atoms with Crippen molar-refractivity contribution in [2.24, 2.45) is 0 Å². The minimum absolute atomic E-state index is 0.397. The van der Waals surface area contributed by atoms with Crippen molar-refractivity contribution in [3.8, 4) is 90.8 Å². The van der Waals surface area contributed by atoms with Gasteiger partial charge in [0.25, 0.3) is 0 Å². The molecule has 0 aliphatic rings. The topological polar surface area (TPSA) is 116 Å². The lowest BCUT2D eigenvalue weighted by molar-refractivity contribution is 0.670. The minimum atomic E-state index is 0.397. The van der Waals surface area contributed by atoms with Gasteiger partial charge in [-0.05, 0) is 54.1 Å². The molecule has 0 N–H and O–H groups in total. The Labute approximate surface area is 350 Å². The first kappa shape index (κ1) is 35.6. The Bertz CT molecular complexity index is 3280. The van der Waals surface area contributed by atoms with Gasteiger partial charge < -0.3 is 4.42 Å². The van der Waals surface area contributed by atoms with E-state index in [1.165, 1.54) is 0 Å². The van der Waals surface area contributed by atoms with Gasteiger partial charge in [0.15, 0.2) is 23.3 Å². The maximum Gasteiger partial charge on any atom is 0.182 e. The lowest BCUT2D eigenvalue weighted by atomic mass is 10.00. The number of fused-ring (bicyclic) bond motifs is 3. The molecular weight excluding hydrogens is 753 g/mol. The van der Waals surface area contributed by atoms with Gasteiger partial charge in [0, 0.05) is 51.0 Å². The zero-order valence-corrected chi connectivity index (χ0v) is 32.5. The molecule has 9 nitrogen and oxygen atoms in total. The molecule has 61 heavy (non-hydrogen) atoms. The van der Waals surface area contributed by atoms with Gasteiger partial charge in [-0.1, -0.05) is 133 Å². The highest BCUT2D eigenvalue weighted by atomic mass is 16.3. The molecule has 6 aromatic heterocycles. The Hall–Kier alpha value is -8.56. The van der Waals surface area contributed by atoms with Crippen LogP contribution in [0.3, 0.4) is 0 Å². The number of benzene rings is 5. The maximum atomic E-state index is 6.37. The van der Waals surface area contributed by atoms with E-state index < -0.39 is 0 Å². The summed E-state index contributed by atoms with van der Waals surface area (Å²) in [7, 11) is 0. The smallest absolute Gasteiger partial charge is 0.182 e. The fourth-order valence-corrected chi connectivity index (χ4v) is 7.51. The highest BCUT2D eigenvalue weighted by Crippen LogP contribution is 2.37. The molecule has 11 rings (SSSR count). The third-order valence-electron chi connectivity index (χ3n) is 10.5. The first-order valence-corrected chi connectivity index (χ1v) is 19.8. The van der Waals surface area contributed by atoms with Crippen LogP contribution in [0.5, 0.6) is 0 Å². The summed E-state index contributed by atoms with van der Waals surface area (Å²) in [5, 5.41) is 2.19. The first-order chi connectivity index (χ1) is 30.2. The molecule has 0 bridgehead atoms. The summed E-state index contributed by atoms with van der Waals surface area (Å²) >= 11 is 0. The summed E-state index contributed by atoms with van der Waals surface area (Å²) in [6.07, 6.45) is 3.51. The quantitative estimate of drug-likeness (QED) is 0.148. The van der Waals surface area contributed by atoms with Crippen molar-refractivity contribution in [3.63, 3.8) is 0 Å². The number of hydrogen-bond acceptors (Lipinski definition) is 9. The summed E-state index contributed by atoms with van der Waals surface area (Å²) < 4.78 is 6.37. The molecule has 5 aromatic carbocycles. The van der Waals surface area contributed by atoms with Crippen LogP contribution >= 0.6 is 0 Å². The monoisotopic (exact) mass is 784 g/mol. The van der Waals surface area contributed by atoms with Crippen molar-refractivity contribution < 1.29 is 4.42 Å². The third-order valence-corrected chi connectivity index (χ3v) is 10.5. The Morgan fingerprint density at radius 1 is 0.295 bits per heavy atom. The van der Waals surface area contributed by atoms with Crippen LogP contribution in [-0.4, -0.2) is 39.9 Å². The summed E-state index contributed by atoms with van der Waals surface area (Å²) in [6.45, 7) is 0. The fraction of sp³-hybridized carbons (Fsp3) is 0. The lowest BCUT2D eigenvalue weighted by Gasteiger charge is -2.12. The van der Waals surface area contributed by atoms with Gasteiger partial charge in [-0.2, -0.15) is 0 Å². The van der Waals surface area contributed by atoms with E-state index in [0.29, 0.717) is 51.8 Å². The second kappa shape index (κ2) is 15.3.